The second kappa shape index (κ2) is 7.38. The summed E-state index contributed by atoms with van der Waals surface area (Å²) in [6.07, 6.45) is 3.25. The molecule has 1 heterocycles. The van der Waals surface area contributed by atoms with E-state index in [0.29, 0.717) is 12.0 Å². The van der Waals surface area contributed by atoms with Crippen molar-refractivity contribution in [1.29, 1.82) is 0 Å². The predicted octanol–water partition coefficient (Wildman–Crippen LogP) is 5.42. The van der Waals surface area contributed by atoms with Crippen molar-refractivity contribution >= 4 is 5.97 Å². The van der Waals surface area contributed by atoms with Crippen LogP contribution in [0.4, 0.5) is 4.39 Å². The predicted molar refractivity (Wildman–Crippen MR) is 97.5 cm³/mol. The van der Waals surface area contributed by atoms with Crippen LogP contribution in [0.15, 0.2) is 36.4 Å². The second-order valence-electron chi connectivity index (χ2n) is 6.88. The second-order valence-corrected chi connectivity index (χ2v) is 6.88. The Hall–Kier alpha value is -2.16. The molecule has 0 fully saturated rings. The quantitative estimate of drug-likeness (QED) is 0.537. The highest BCUT2D eigenvalue weighted by Gasteiger charge is 2.31. The molecule has 0 radical (unpaired) electrons. The zero-order valence-corrected chi connectivity index (χ0v) is 15.1. The van der Waals surface area contributed by atoms with Crippen LogP contribution < -0.4 is 4.74 Å². The van der Waals surface area contributed by atoms with E-state index in [4.69, 9.17) is 4.74 Å². The summed E-state index contributed by atoms with van der Waals surface area (Å²) in [4.78, 5) is 12.1. The Balaban J connectivity index is 1.91. The molecular formula is C22H25FO2. The Morgan fingerprint density at radius 1 is 1.16 bits per heavy atom. The van der Waals surface area contributed by atoms with E-state index in [1.807, 2.05) is 38.1 Å². The molecule has 2 aromatic rings. The highest BCUT2D eigenvalue weighted by atomic mass is 19.1. The molecule has 2 nitrogen and oxygen atoms in total. The SMILES string of the molecule is CCCC1Cc2ccc(C(C)c3ccc(CC)cc3)c(F)c2OC1=O. The van der Waals surface area contributed by atoms with Crippen molar-refractivity contribution in [3.05, 3.63) is 64.5 Å². The van der Waals surface area contributed by atoms with Crippen LogP contribution in [-0.4, -0.2) is 5.97 Å². The number of halogens is 1. The van der Waals surface area contributed by atoms with Gasteiger partial charge in [-0.1, -0.05) is 63.6 Å². The Labute approximate surface area is 149 Å². The molecule has 0 amide bonds. The van der Waals surface area contributed by atoms with Crippen molar-refractivity contribution in [2.45, 2.75) is 52.4 Å². The van der Waals surface area contributed by atoms with Crippen LogP contribution in [0, 0.1) is 11.7 Å². The van der Waals surface area contributed by atoms with Gasteiger partial charge in [-0.2, -0.15) is 0 Å². The number of aryl methyl sites for hydroxylation is 1. The molecule has 0 aromatic heterocycles. The lowest BCUT2D eigenvalue weighted by Crippen LogP contribution is -2.28. The van der Waals surface area contributed by atoms with Crippen molar-refractivity contribution in [2.75, 3.05) is 0 Å². The molecule has 1 aliphatic rings. The molecule has 25 heavy (non-hydrogen) atoms. The van der Waals surface area contributed by atoms with E-state index in [2.05, 4.69) is 19.1 Å². The third-order valence-electron chi connectivity index (χ3n) is 5.20. The highest BCUT2D eigenvalue weighted by Crippen LogP contribution is 2.37. The van der Waals surface area contributed by atoms with Crippen molar-refractivity contribution in [3.63, 3.8) is 0 Å². The molecule has 0 aliphatic carbocycles. The van der Waals surface area contributed by atoms with E-state index in [1.165, 1.54) is 5.56 Å². The molecule has 3 heteroatoms. The number of hydrogen-bond acceptors (Lipinski definition) is 2. The first-order chi connectivity index (χ1) is 12.0. The summed E-state index contributed by atoms with van der Waals surface area (Å²) >= 11 is 0. The van der Waals surface area contributed by atoms with Gasteiger partial charge in [-0.25, -0.2) is 4.39 Å². The Morgan fingerprint density at radius 3 is 2.52 bits per heavy atom. The maximum absolute atomic E-state index is 15.0. The minimum atomic E-state index is -0.395. The lowest BCUT2D eigenvalue weighted by atomic mass is 9.87. The van der Waals surface area contributed by atoms with Crippen LogP contribution in [0.2, 0.25) is 0 Å². The van der Waals surface area contributed by atoms with Gasteiger partial charge < -0.3 is 4.74 Å². The summed E-state index contributed by atoms with van der Waals surface area (Å²) in [6, 6.07) is 12.0. The van der Waals surface area contributed by atoms with Crippen molar-refractivity contribution in [3.8, 4) is 5.75 Å². The fourth-order valence-corrected chi connectivity index (χ4v) is 3.54. The smallest absolute Gasteiger partial charge is 0.314 e. The fraction of sp³-hybridized carbons (Fsp3) is 0.409. The molecule has 132 valence electrons. The lowest BCUT2D eigenvalue weighted by Gasteiger charge is -2.25. The first kappa shape index (κ1) is 17.7. The monoisotopic (exact) mass is 340 g/mol. The number of fused-ring (bicyclic) bond motifs is 1. The number of hydrogen-bond donors (Lipinski definition) is 0. The summed E-state index contributed by atoms with van der Waals surface area (Å²) in [7, 11) is 0. The summed E-state index contributed by atoms with van der Waals surface area (Å²) in [5.74, 6) is -0.810. The van der Waals surface area contributed by atoms with Gasteiger partial charge in [0.2, 0.25) is 0 Å². The van der Waals surface area contributed by atoms with Crippen LogP contribution >= 0.6 is 0 Å². The zero-order chi connectivity index (χ0) is 18.0. The van der Waals surface area contributed by atoms with E-state index in [9.17, 15) is 4.79 Å². The molecular weight excluding hydrogens is 315 g/mol. The van der Waals surface area contributed by atoms with Gasteiger partial charge >= 0.3 is 5.97 Å². The van der Waals surface area contributed by atoms with Gasteiger partial charge in [-0.3, -0.25) is 4.79 Å². The first-order valence-electron chi connectivity index (χ1n) is 9.16. The molecule has 2 unspecified atom stereocenters. The summed E-state index contributed by atoms with van der Waals surface area (Å²) in [5.41, 5.74) is 3.69. The average molecular weight is 340 g/mol. The molecule has 0 spiro atoms. The lowest BCUT2D eigenvalue weighted by molar-refractivity contribution is -0.140. The van der Waals surface area contributed by atoms with Crippen LogP contribution in [0.3, 0.4) is 0 Å². The third-order valence-corrected chi connectivity index (χ3v) is 5.20. The number of rotatable bonds is 5. The Morgan fingerprint density at radius 2 is 1.88 bits per heavy atom. The maximum atomic E-state index is 15.0. The van der Waals surface area contributed by atoms with Gasteiger partial charge in [0.1, 0.15) is 0 Å². The molecule has 0 N–H and O–H groups in total. The standard InChI is InChI=1S/C22H25FO2/c1-4-6-18-13-17-11-12-19(20(23)21(17)25-22(18)24)14(3)16-9-7-15(5-2)8-10-16/h7-12,14,18H,4-6,13H2,1-3H3. The molecule has 2 aromatic carbocycles. The van der Waals surface area contributed by atoms with Crippen molar-refractivity contribution in [1.82, 2.24) is 0 Å². The van der Waals surface area contributed by atoms with E-state index >= 15 is 4.39 Å². The largest absolute Gasteiger partial charge is 0.423 e. The van der Waals surface area contributed by atoms with Gasteiger partial charge in [-0.15, -0.1) is 0 Å². The van der Waals surface area contributed by atoms with Gasteiger partial charge in [0.05, 0.1) is 5.92 Å². The zero-order valence-electron chi connectivity index (χ0n) is 15.1. The molecule has 2 atom stereocenters. The molecule has 0 saturated carbocycles. The van der Waals surface area contributed by atoms with E-state index in [-0.39, 0.29) is 23.6 Å². The topological polar surface area (TPSA) is 26.3 Å². The maximum Gasteiger partial charge on any atom is 0.314 e. The van der Waals surface area contributed by atoms with Crippen LogP contribution in [0.1, 0.15) is 61.8 Å². The molecule has 0 saturated heterocycles. The van der Waals surface area contributed by atoms with Crippen LogP contribution in [0.5, 0.6) is 5.75 Å². The van der Waals surface area contributed by atoms with Gasteiger partial charge in [0.25, 0.3) is 0 Å². The van der Waals surface area contributed by atoms with Gasteiger partial charge in [0, 0.05) is 5.92 Å². The summed E-state index contributed by atoms with van der Waals surface area (Å²) < 4.78 is 20.4. The minimum absolute atomic E-state index is 0.0942. The van der Waals surface area contributed by atoms with Crippen molar-refractivity contribution < 1.29 is 13.9 Å². The van der Waals surface area contributed by atoms with E-state index < -0.39 is 5.82 Å². The normalized spacial score (nSPS) is 17.8. The Bertz CT molecular complexity index is 764. The van der Waals surface area contributed by atoms with E-state index in [0.717, 1.165) is 30.4 Å². The third kappa shape index (κ3) is 3.46. The molecule has 3 rings (SSSR count). The molecule has 0 bridgehead atoms. The van der Waals surface area contributed by atoms with Gasteiger partial charge in [-0.05, 0) is 41.5 Å². The number of ether oxygens (including phenoxy) is 1. The first-order valence-corrected chi connectivity index (χ1v) is 9.16. The highest BCUT2D eigenvalue weighted by molar-refractivity contribution is 5.78. The number of carbonyl (C=O) groups excluding carboxylic acids is 1. The summed E-state index contributed by atoms with van der Waals surface area (Å²) in [5, 5.41) is 0. The fourth-order valence-electron chi connectivity index (χ4n) is 3.54. The van der Waals surface area contributed by atoms with Crippen LogP contribution in [0.25, 0.3) is 0 Å². The Kier molecular flexibility index (Phi) is 5.22. The number of carbonyl (C=O) groups is 1. The van der Waals surface area contributed by atoms with Crippen LogP contribution in [-0.2, 0) is 17.6 Å². The van der Waals surface area contributed by atoms with E-state index in [1.54, 1.807) is 0 Å². The minimum Gasteiger partial charge on any atom is -0.423 e. The summed E-state index contributed by atoms with van der Waals surface area (Å²) in [6.45, 7) is 6.13. The number of esters is 1. The van der Waals surface area contributed by atoms with Gasteiger partial charge in [0.15, 0.2) is 11.6 Å². The average Bonchev–Trinajstić information content (AvgIpc) is 2.63. The van der Waals surface area contributed by atoms with Crippen molar-refractivity contribution in [2.24, 2.45) is 5.92 Å². The molecule has 1 aliphatic heterocycles. The number of benzene rings is 2.